The van der Waals surface area contributed by atoms with Crippen molar-refractivity contribution in [3.63, 3.8) is 0 Å². The largest absolute Gasteiger partial charge is 0.333 e. The first kappa shape index (κ1) is 11.3. The summed E-state index contributed by atoms with van der Waals surface area (Å²) in [4.78, 5) is 18.3. The smallest absolute Gasteiger partial charge is 0.258 e. The molecule has 2 aromatic rings. The summed E-state index contributed by atoms with van der Waals surface area (Å²) in [5.41, 5.74) is -0.121. The topological polar surface area (TPSA) is 68.9 Å². The van der Waals surface area contributed by atoms with Crippen LogP contribution in [0.15, 0.2) is 18.5 Å². The summed E-state index contributed by atoms with van der Waals surface area (Å²) in [6.45, 7) is 0. The molecule has 0 radical (unpaired) electrons. The van der Waals surface area contributed by atoms with Gasteiger partial charge in [-0.3, -0.25) is 10.1 Å². The summed E-state index contributed by atoms with van der Waals surface area (Å²) in [6.07, 6.45) is 1.18. The number of halogens is 2. The summed E-state index contributed by atoms with van der Waals surface area (Å²) in [6, 6.07) is 3.29. The Hall–Kier alpha value is -1.24. The molecule has 0 saturated carbocycles. The van der Waals surface area contributed by atoms with E-state index >= 15 is 0 Å². The summed E-state index contributed by atoms with van der Waals surface area (Å²) < 4.78 is 0.527. The fourth-order valence-corrected chi connectivity index (χ4v) is 2.38. The molecule has 0 unspecified atom stereocenters. The van der Waals surface area contributed by atoms with Crippen molar-refractivity contribution in [3.05, 3.63) is 38.1 Å². The van der Waals surface area contributed by atoms with Crippen LogP contribution >= 0.6 is 34.5 Å². The van der Waals surface area contributed by atoms with Crippen molar-refractivity contribution in [1.29, 1.82) is 0 Å². The van der Waals surface area contributed by atoms with Crippen molar-refractivity contribution in [2.75, 3.05) is 0 Å². The molecule has 0 bridgehead atoms. The molecule has 0 aliphatic carbocycles. The van der Waals surface area contributed by atoms with Crippen molar-refractivity contribution >= 4 is 40.2 Å². The summed E-state index contributed by atoms with van der Waals surface area (Å²) in [5, 5.41) is 10.7. The van der Waals surface area contributed by atoms with Gasteiger partial charge < -0.3 is 0 Å². The third-order valence-corrected chi connectivity index (χ3v) is 3.28. The molecule has 0 saturated heterocycles. The molecule has 0 aliphatic heterocycles. The molecule has 2 rings (SSSR count). The Kier molecular flexibility index (Phi) is 3.04. The molecule has 0 aliphatic rings. The van der Waals surface area contributed by atoms with Crippen LogP contribution in [0.25, 0.3) is 10.6 Å². The molecular weight excluding hydrogens is 273 g/mol. The molecule has 16 heavy (non-hydrogen) atoms. The highest BCUT2D eigenvalue weighted by atomic mass is 35.5. The third kappa shape index (κ3) is 1.99. The van der Waals surface area contributed by atoms with Gasteiger partial charge in [0.15, 0.2) is 5.69 Å². The van der Waals surface area contributed by atoms with Gasteiger partial charge in [-0.1, -0.05) is 23.2 Å². The van der Waals surface area contributed by atoms with E-state index in [1.807, 2.05) is 0 Å². The van der Waals surface area contributed by atoms with Gasteiger partial charge in [0, 0.05) is 0 Å². The fourth-order valence-electron chi connectivity index (χ4n) is 1.14. The zero-order valence-electron chi connectivity index (χ0n) is 7.55. The molecule has 5 nitrogen and oxygen atoms in total. The molecule has 2 aromatic heterocycles. The van der Waals surface area contributed by atoms with Crippen LogP contribution in [0.2, 0.25) is 9.49 Å². The van der Waals surface area contributed by atoms with Crippen molar-refractivity contribution in [2.45, 2.75) is 0 Å². The lowest BCUT2D eigenvalue weighted by molar-refractivity contribution is -0.384. The second kappa shape index (κ2) is 4.32. The van der Waals surface area contributed by atoms with Crippen molar-refractivity contribution in [3.8, 4) is 10.6 Å². The Labute approximate surface area is 104 Å². The molecule has 2 heterocycles. The Morgan fingerprint density at radius 1 is 1.31 bits per heavy atom. The van der Waals surface area contributed by atoms with Gasteiger partial charge in [0.1, 0.15) is 6.33 Å². The van der Waals surface area contributed by atoms with Gasteiger partial charge in [-0.05, 0) is 12.1 Å². The quantitative estimate of drug-likeness (QED) is 0.478. The minimum atomic E-state index is -0.606. The van der Waals surface area contributed by atoms with Gasteiger partial charge in [0.2, 0.25) is 5.15 Å². The molecule has 8 heteroatoms. The lowest BCUT2D eigenvalue weighted by Gasteiger charge is -1.99. The lowest BCUT2D eigenvalue weighted by Crippen LogP contribution is -1.96. The van der Waals surface area contributed by atoms with Gasteiger partial charge in [0.25, 0.3) is 0 Å². The molecule has 0 fully saturated rings. The van der Waals surface area contributed by atoms with E-state index in [1.165, 1.54) is 17.7 Å². The molecule has 0 N–H and O–H groups in total. The average molecular weight is 276 g/mol. The van der Waals surface area contributed by atoms with Crippen molar-refractivity contribution in [1.82, 2.24) is 9.97 Å². The maximum absolute atomic E-state index is 10.8. The van der Waals surface area contributed by atoms with Crippen LogP contribution in [0.3, 0.4) is 0 Å². The number of nitro groups is 1. The summed E-state index contributed by atoms with van der Waals surface area (Å²) >= 11 is 12.6. The Morgan fingerprint density at radius 2 is 2.06 bits per heavy atom. The predicted molar refractivity (Wildman–Crippen MR) is 62.0 cm³/mol. The third-order valence-electron chi connectivity index (χ3n) is 1.77. The van der Waals surface area contributed by atoms with E-state index < -0.39 is 4.92 Å². The first-order valence-electron chi connectivity index (χ1n) is 4.00. The van der Waals surface area contributed by atoms with Gasteiger partial charge in [-0.15, -0.1) is 11.3 Å². The van der Waals surface area contributed by atoms with E-state index in [0.717, 1.165) is 0 Å². The van der Waals surface area contributed by atoms with Gasteiger partial charge >= 0.3 is 5.69 Å². The number of hydrogen-bond donors (Lipinski definition) is 0. The van der Waals surface area contributed by atoms with E-state index in [0.29, 0.717) is 9.21 Å². The highest BCUT2D eigenvalue weighted by molar-refractivity contribution is 7.19. The standard InChI is InChI=1S/C8H3Cl2N3O2S/c9-5-2-1-4(16-5)6-7(13(14)15)8(10)12-3-11-6/h1-3H. The van der Waals surface area contributed by atoms with Crippen LogP contribution < -0.4 is 0 Å². The van der Waals surface area contributed by atoms with Crippen LogP contribution in [0.1, 0.15) is 0 Å². The summed E-state index contributed by atoms with van der Waals surface area (Å²) in [5.74, 6) is 0. The molecule has 0 aromatic carbocycles. The minimum absolute atomic E-state index is 0.181. The van der Waals surface area contributed by atoms with Crippen LogP contribution in [0, 0.1) is 10.1 Å². The van der Waals surface area contributed by atoms with E-state index in [2.05, 4.69) is 9.97 Å². The molecule has 0 atom stereocenters. The molecule has 0 amide bonds. The van der Waals surface area contributed by atoms with Crippen LogP contribution in [-0.2, 0) is 0 Å². The minimum Gasteiger partial charge on any atom is -0.258 e. The van der Waals surface area contributed by atoms with E-state index in [1.54, 1.807) is 12.1 Å². The Morgan fingerprint density at radius 3 is 2.62 bits per heavy atom. The lowest BCUT2D eigenvalue weighted by atomic mass is 10.3. The monoisotopic (exact) mass is 275 g/mol. The number of nitrogens with zero attached hydrogens (tertiary/aromatic N) is 3. The fraction of sp³-hybridized carbons (Fsp3) is 0. The summed E-state index contributed by atoms with van der Waals surface area (Å²) in [7, 11) is 0. The van der Waals surface area contributed by atoms with Gasteiger partial charge in [-0.25, -0.2) is 9.97 Å². The average Bonchev–Trinajstić information content (AvgIpc) is 2.63. The highest BCUT2D eigenvalue weighted by Crippen LogP contribution is 2.37. The highest BCUT2D eigenvalue weighted by Gasteiger charge is 2.23. The van der Waals surface area contributed by atoms with E-state index in [4.69, 9.17) is 23.2 Å². The number of aromatic nitrogens is 2. The molecule has 82 valence electrons. The Balaban J connectivity index is 2.65. The molecule has 0 spiro atoms. The maximum atomic E-state index is 10.8. The number of hydrogen-bond acceptors (Lipinski definition) is 5. The zero-order chi connectivity index (χ0) is 11.7. The van der Waals surface area contributed by atoms with Crippen LogP contribution in [0.4, 0.5) is 5.69 Å². The van der Waals surface area contributed by atoms with E-state index in [-0.39, 0.29) is 16.5 Å². The predicted octanol–water partition coefficient (Wildman–Crippen LogP) is 3.42. The first-order chi connectivity index (χ1) is 7.59. The zero-order valence-corrected chi connectivity index (χ0v) is 9.88. The number of thiophene rings is 1. The normalized spacial score (nSPS) is 10.4. The first-order valence-corrected chi connectivity index (χ1v) is 5.57. The van der Waals surface area contributed by atoms with E-state index in [9.17, 15) is 10.1 Å². The maximum Gasteiger partial charge on any atom is 0.333 e. The molecular formula is C8H3Cl2N3O2S. The van der Waals surface area contributed by atoms with Crippen molar-refractivity contribution < 1.29 is 4.92 Å². The van der Waals surface area contributed by atoms with Gasteiger partial charge in [-0.2, -0.15) is 0 Å². The van der Waals surface area contributed by atoms with Gasteiger partial charge in [0.05, 0.1) is 14.1 Å². The Bertz CT molecular complexity index is 558. The number of rotatable bonds is 2. The van der Waals surface area contributed by atoms with Crippen LogP contribution in [-0.4, -0.2) is 14.9 Å². The van der Waals surface area contributed by atoms with Crippen LogP contribution in [0.5, 0.6) is 0 Å². The second-order valence-corrected chi connectivity index (χ2v) is 4.80. The SMILES string of the molecule is O=[N+]([O-])c1c(Cl)ncnc1-c1ccc(Cl)s1. The van der Waals surface area contributed by atoms with Crippen molar-refractivity contribution in [2.24, 2.45) is 0 Å². The second-order valence-electron chi connectivity index (χ2n) is 2.72.